The number of para-hydroxylation sites is 1. The Labute approximate surface area is 410 Å². The predicted octanol–water partition coefficient (Wildman–Crippen LogP) is 12.8. The molecule has 0 fully saturated rings. The summed E-state index contributed by atoms with van der Waals surface area (Å²) in [7, 11) is -3.07. The molecule has 2 nitrogen and oxygen atoms in total. The number of fused-ring (bicyclic) bond motifs is 6. The van der Waals surface area contributed by atoms with Gasteiger partial charge >= 0.3 is 0 Å². The summed E-state index contributed by atoms with van der Waals surface area (Å²) in [4.78, 5) is 4.96. The van der Waals surface area contributed by atoms with Crippen LogP contribution in [0.5, 0.6) is 0 Å². The fourth-order valence-electron chi connectivity index (χ4n) is 11.2. The summed E-state index contributed by atoms with van der Waals surface area (Å²) in [6.45, 7) is 4.75. The molecule has 3 aliphatic rings. The van der Waals surface area contributed by atoms with Gasteiger partial charge in [-0.3, -0.25) is 0 Å². The number of anilines is 4. The number of hydrogen-bond donors (Lipinski definition) is 0. The molecule has 0 unspecified atom stereocenters. The maximum Gasteiger partial charge on any atom is 0.179 e. The Kier molecular flexibility index (Phi) is 10.9. The quantitative estimate of drug-likeness (QED) is 0.0996. The van der Waals surface area contributed by atoms with E-state index in [9.17, 15) is 0 Å². The van der Waals surface area contributed by atoms with Crippen molar-refractivity contribution in [3.63, 3.8) is 0 Å². The number of nitrogens with zero attached hydrogens (tertiary/aromatic N) is 2. The van der Waals surface area contributed by atoms with E-state index in [0.29, 0.717) is 0 Å². The number of thiophene rings is 1. The highest BCUT2D eigenvalue weighted by Gasteiger charge is 2.42. The van der Waals surface area contributed by atoms with Crippen LogP contribution in [0.15, 0.2) is 254 Å². The van der Waals surface area contributed by atoms with E-state index >= 15 is 0 Å². The average Bonchev–Trinajstić information content (AvgIpc) is 3.57. The van der Waals surface area contributed by atoms with Crippen LogP contribution in [0.25, 0.3) is 33.4 Å². The van der Waals surface area contributed by atoms with E-state index < -0.39 is 8.07 Å². The van der Waals surface area contributed by atoms with Crippen molar-refractivity contribution in [3.8, 4) is 11.1 Å². The lowest BCUT2D eigenvalue weighted by Crippen LogP contribution is -2.74. The van der Waals surface area contributed by atoms with E-state index in [4.69, 9.17) is 0 Å². The molecule has 0 amide bonds. The van der Waals surface area contributed by atoms with Crippen molar-refractivity contribution in [2.75, 3.05) is 9.80 Å². The van der Waals surface area contributed by atoms with E-state index in [1.807, 2.05) is 11.3 Å². The van der Waals surface area contributed by atoms with Crippen molar-refractivity contribution >= 4 is 85.1 Å². The topological polar surface area (TPSA) is 6.48 Å². The van der Waals surface area contributed by atoms with Gasteiger partial charge in [-0.1, -0.05) is 202 Å². The zero-order valence-corrected chi connectivity index (χ0v) is 40.8. The molecule has 0 aliphatic heterocycles. The number of hydrogen-bond acceptors (Lipinski definition) is 3. The summed E-state index contributed by atoms with van der Waals surface area (Å²) in [5, 5.41) is 7.97. The minimum Gasteiger partial charge on any atom is -0.311 e. The van der Waals surface area contributed by atoms with Gasteiger partial charge in [0.05, 0.1) is 0 Å². The molecule has 0 radical (unpaired) electrons. The molecule has 1 aromatic heterocycles. The molecule has 0 atom stereocenters. The molecule has 69 heavy (non-hydrogen) atoms. The van der Waals surface area contributed by atoms with E-state index in [1.165, 1.54) is 68.5 Å². The van der Waals surface area contributed by atoms with Gasteiger partial charge in [-0.2, -0.15) is 0 Å². The fourth-order valence-corrected chi connectivity index (χ4v) is 17.2. The molecule has 332 valence electrons. The van der Waals surface area contributed by atoms with E-state index in [0.717, 1.165) is 41.3 Å². The second kappa shape index (κ2) is 17.7. The summed E-state index contributed by atoms with van der Waals surface area (Å²) in [6.07, 6.45) is 20.1. The Morgan fingerprint density at radius 1 is 0.449 bits per heavy atom. The van der Waals surface area contributed by atoms with Gasteiger partial charge in [-0.05, 0) is 133 Å². The first kappa shape index (κ1) is 42.6. The summed E-state index contributed by atoms with van der Waals surface area (Å²) in [6, 6.07) is 77.4. The maximum absolute atomic E-state index is 3.07. The maximum atomic E-state index is 2.51. The van der Waals surface area contributed by atoms with Crippen molar-refractivity contribution in [3.05, 3.63) is 275 Å². The Balaban J connectivity index is 1.07. The van der Waals surface area contributed by atoms with Crippen molar-refractivity contribution in [2.24, 2.45) is 0 Å². The highest BCUT2D eigenvalue weighted by Crippen LogP contribution is 2.50. The Bertz CT molecular complexity index is 3610. The highest BCUT2D eigenvalue weighted by atomic mass is 32.1. The van der Waals surface area contributed by atoms with Crippen LogP contribution in [0.3, 0.4) is 0 Å². The lowest BCUT2D eigenvalue weighted by Gasteiger charge is -2.36. The zero-order valence-electron chi connectivity index (χ0n) is 39.0. The van der Waals surface area contributed by atoms with E-state index in [-0.39, 0.29) is 5.41 Å². The van der Waals surface area contributed by atoms with Crippen LogP contribution in [-0.2, 0) is 5.41 Å². The predicted molar refractivity (Wildman–Crippen MR) is 298 cm³/mol. The van der Waals surface area contributed by atoms with Gasteiger partial charge in [-0.25, -0.2) is 0 Å². The third kappa shape index (κ3) is 7.39. The normalized spacial score (nSPS) is 14.5. The van der Waals surface area contributed by atoms with E-state index in [1.54, 1.807) is 0 Å². The van der Waals surface area contributed by atoms with Gasteiger partial charge in [0.15, 0.2) is 8.07 Å². The molecule has 3 aliphatic carbocycles. The minimum atomic E-state index is -3.07. The lowest BCUT2D eigenvalue weighted by molar-refractivity contribution is 0.660. The monoisotopic (exact) mass is 920 g/mol. The first-order chi connectivity index (χ1) is 34.0. The van der Waals surface area contributed by atoms with Gasteiger partial charge in [-0.15, -0.1) is 11.3 Å². The second-order valence-corrected chi connectivity index (χ2v) is 23.6. The molecule has 0 N–H and O–H groups in total. The van der Waals surface area contributed by atoms with Gasteiger partial charge in [0.25, 0.3) is 0 Å². The molecule has 4 heteroatoms. The van der Waals surface area contributed by atoms with Gasteiger partial charge in [0, 0.05) is 48.8 Å². The van der Waals surface area contributed by atoms with Crippen LogP contribution in [0.2, 0.25) is 0 Å². The summed E-state index contributed by atoms with van der Waals surface area (Å²) < 4.78 is 2.61. The molecular weight excluding hydrogens is 869 g/mol. The van der Waals surface area contributed by atoms with Crippen LogP contribution in [0, 0.1) is 0 Å². The van der Waals surface area contributed by atoms with Crippen LogP contribution in [-0.4, -0.2) is 8.07 Å². The third-order valence-corrected chi connectivity index (χ3v) is 20.3. The van der Waals surface area contributed by atoms with Crippen molar-refractivity contribution in [1.29, 1.82) is 0 Å². The number of rotatable bonds is 10. The van der Waals surface area contributed by atoms with Crippen molar-refractivity contribution in [2.45, 2.75) is 32.1 Å². The zero-order chi connectivity index (χ0) is 46.4. The van der Waals surface area contributed by atoms with Crippen molar-refractivity contribution in [1.82, 2.24) is 0 Å². The first-order valence-electron chi connectivity index (χ1n) is 24.1. The third-order valence-electron chi connectivity index (χ3n) is 14.4. The van der Waals surface area contributed by atoms with Gasteiger partial charge in [0.1, 0.15) is 0 Å². The second-order valence-electron chi connectivity index (χ2n) is 18.7. The first-order valence-corrected chi connectivity index (χ1v) is 26.9. The van der Waals surface area contributed by atoms with Crippen LogP contribution in [0.1, 0.15) is 37.8 Å². The number of benzene rings is 8. The fraction of sp³-hybridized carbons (Fsp3) is 0.0769. The molecule has 0 bridgehead atoms. The molecule has 12 rings (SSSR count). The minimum absolute atomic E-state index is 0.130. The Morgan fingerprint density at radius 3 is 1.74 bits per heavy atom. The highest BCUT2D eigenvalue weighted by molar-refractivity contribution is 7.20. The van der Waals surface area contributed by atoms with Crippen LogP contribution < -0.4 is 40.3 Å². The average molecular weight is 921 g/mol. The van der Waals surface area contributed by atoms with Gasteiger partial charge in [0.2, 0.25) is 0 Å². The van der Waals surface area contributed by atoms with Gasteiger partial charge < -0.3 is 9.80 Å². The molecule has 0 saturated carbocycles. The largest absolute Gasteiger partial charge is 0.311 e. The smallest absolute Gasteiger partial charge is 0.179 e. The lowest BCUT2D eigenvalue weighted by atomic mass is 9.82. The molecule has 0 spiro atoms. The van der Waals surface area contributed by atoms with Crippen LogP contribution in [0.4, 0.5) is 22.7 Å². The standard InChI is InChI=1S/C65H52N2SSi/c1-65(2)61-39-18-16-36-57(61)58-42-41-52(45-62(58)65)67(48-23-8-3-4-9-24-48)50-28-21-35-56(44-50)69(53-30-12-6-13-31-53,54-32-14-7-15-33-54)55-34-20-27-49(43-55)66(47-25-10-5-11-26-47)51-29-22-38-60-59-37-17-19-40-63(59)68-64(60)46-51/h3-8,10-21,23-46H,9,22H2,1-2H3. The Hall–Kier alpha value is -7.76. The number of allylic oxidation sites excluding steroid dienone is 7. The van der Waals surface area contributed by atoms with E-state index in [2.05, 4.69) is 279 Å². The summed E-state index contributed by atoms with van der Waals surface area (Å²) >= 11 is 1.88. The summed E-state index contributed by atoms with van der Waals surface area (Å²) in [5.74, 6) is 0. The molecule has 9 aromatic rings. The molecular formula is C65H52N2SSi. The molecule has 0 saturated heterocycles. The molecule has 1 heterocycles. The Morgan fingerprint density at radius 2 is 1.01 bits per heavy atom. The summed E-state index contributed by atoms with van der Waals surface area (Å²) in [5.41, 5.74) is 12.2. The molecule has 8 aromatic carbocycles. The van der Waals surface area contributed by atoms with Crippen molar-refractivity contribution < 1.29 is 0 Å². The van der Waals surface area contributed by atoms with Crippen LogP contribution >= 0.6 is 11.3 Å². The SMILES string of the molecule is CC1(C)c2ccccc2-c2ccc(N(C3=CCC=CC=C3)c3cccc([Si](c4ccccc4)(c4ccccc4)c4cccc(N(C5=CCC=c6c(sc7ccccc67)=C5)c5ccccc5)c4)c3)cc21.